The second-order valence-corrected chi connectivity index (χ2v) is 6.34. The lowest BCUT2D eigenvalue weighted by molar-refractivity contribution is 0.156. The van der Waals surface area contributed by atoms with Crippen LogP contribution in [0.25, 0.3) is 0 Å². The van der Waals surface area contributed by atoms with Crippen molar-refractivity contribution in [2.45, 2.75) is 18.9 Å². The molecule has 2 fully saturated rings. The standard InChI is InChI=1S/C13H16Cl3N3.2ClH/c14-9-7-18-13(16)11(15)10(9)12(8-1-2-8)19-5-3-17-4-6-19;;/h7-8,12,17H,1-6H2;2*1H/t12-;;/m1../s1. The van der Waals surface area contributed by atoms with Gasteiger partial charge in [0.15, 0.2) is 0 Å². The zero-order chi connectivity index (χ0) is 13.4. The van der Waals surface area contributed by atoms with Gasteiger partial charge in [0, 0.05) is 44.0 Å². The fourth-order valence-electron chi connectivity index (χ4n) is 2.82. The summed E-state index contributed by atoms with van der Waals surface area (Å²) < 4.78 is 0. The summed E-state index contributed by atoms with van der Waals surface area (Å²) in [5.74, 6) is 0.645. The molecule has 1 saturated heterocycles. The Morgan fingerprint density at radius 1 is 1.14 bits per heavy atom. The van der Waals surface area contributed by atoms with Gasteiger partial charge in [0.25, 0.3) is 0 Å². The minimum absolute atomic E-state index is 0. The second kappa shape index (κ2) is 8.39. The number of rotatable bonds is 3. The van der Waals surface area contributed by atoms with Crippen LogP contribution in [0.3, 0.4) is 0 Å². The second-order valence-electron chi connectivity index (χ2n) is 5.19. The van der Waals surface area contributed by atoms with E-state index in [1.165, 1.54) is 12.8 Å². The van der Waals surface area contributed by atoms with Gasteiger partial charge in [0.1, 0.15) is 5.15 Å². The van der Waals surface area contributed by atoms with Crippen molar-refractivity contribution in [1.82, 2.24) is 15.2 Å². The molecule has 1 atom stereocenters. The Morgan fingerprint density at radius 2 is 1.76 bits per heavy atom. The van der Waals surface area contributed by atoms with Crippen molar-refractivity contribution in [2.75, 3.05) is 26.2 Å². The molecule has 0 spiro atoms. The molecule has 1 aliphatic carbocycles. The number of hydrogen-bond donors (Lipinski definition) is 1. The van der Waals surface area contributed by atoms with Crippen molar-refractivity contribution >= 4 is 59.6 Å². The third-order valence-corrected chi connectivity index (χ3v) is 4.94. The van der Waals surface area contributed by atoms with Crippen LogP contribution in [-0.4, -0.2) is 36.1 Å². The Morgan fingerprint density at radius 3 is 2.33 bits per heavy atom. The smallest absolute Gasteiger partial charge is 0.148 e. The topological polar surface area (TPSA) is 28.2 Å². The first-order valence-electron chi connectivity index (χ1n) is 6.62. The monoisotopic (exact) mass is 391 g/mol. The Kier molecular flexibility index (Phi) is 7.82. The summed E-state index contributed by atoms with van der Waals surface area (Å²) in [6.07, 6.45) is 4.09. The third kappa shape index (κ3) is 4.29. The highest BCUT2D eigenvalue weighted by Crippen LogP contribution is 2.49. The molecule has 1 aromatic rings. The van der Waals surface area contributed by atoms with E-state index in [1.807, 2.05) is 0 Å². The highest BCUT2D eigenvalue weighted by molar-refractivity contribution is 6.43. The van der Waals surface area contributed by atoms with Crippen LogP contribution in [0.15, 0.2) is 6.20 Å². The molecule has 0 amide bonds. The Balaban J connectivity index is 0.00000110. The van der Waals surface area contributed by atoms with Gasteiger partial charge in [0.2, 0.25) is 0 Å². The van der Waals surface area contributed by atoms with E-state index in [9.17, 15) is 0 Å². The van der Waals surface area contributed by atoms with Gasteiger partial charge in [-0.2, -0.15) is 0 Å². The zero-order valence-electron chi connectivity index (χ0n) is 11.3. The number of nitrogens with one attached hydrogen (secondary N) is 1. The minimum atomic E-state index is 0. The lowest BCUT2D eigenvalue weighted by Gasteiger charge is -2.36. The molecular weight excluding hydrogens is 375 g/mol. The highest BCUT2D eigenvalue weighted by atomic mass is 35.5. The number of halogens is 5. The molecule has 1 aliphatic heterocycles. The molecule has 2 heterocycles. The van der Waals surface area contributed by atoms with Gasteiger partial charge in [0.05, 0.1) is 10.0 Å². The van der Waals surface area contributed by atoms with Crippen molar-refractivity contribution in [3.8, 4) is 0 Å². The predicted molar refractivity (Wildman–Crippen MR) is 93.7 cm³/mol. The van der Waals surface area contributed by atoms with E-state index in [0.29, 0.717) is 21.1 Å². The summed E-state index contributed by atoms with van der Waals surface area (Å²) in [4.78, 5) is 6.49. The van der Waals surface area contributed by atoms with E-state index in [-0.39, 0.29) is 30.9 Å². The molecule has 2 aliphatic rings. The van der Waals surface area contributed by atoms with Crippen molar-refractivity contribution in [2.24, 2.45) is 5.92 Å². The summed E-state index contributed by atoms with van der Waals surface area (Å²) in [5, 5.41) is 4.87. The number of piperazine rings is 1. The molecule has 3 rings (SSSR count). The van der Waals surface area contributed by atoms with Crippen LogP contribution in [0.5, 0.6) is 0 Å². The van der Waals surface area contributed by atoms with E-state index in [1.54, 1.807) is 6.20 Å². The number of nitrogens with zero attached hydrogens (tertiary/aromatic N) is 2. The van der Waals surface area contributed by atoms with Crippen molar-refractivity contribution in [3.05, 3.63) is 27.0 Å². The molecule has 120 valence electrons. The van der Waals surface area contributed by atoms with Crippen LogP contribution in [-0.2, 0) is 0 Å². The molecule has 1 N–H and O–H groups in total. The zero-order valence-corrected chi connectivity index (χ0v) is 15.2. The summed E-state index contributed by atoms with van der Waals surface area (Å²) >= 11 is 18.8. The lowest BCUT2D eigenvalue weighted by Crippen LogP contribution is -2.45. The number of aromatic nitrogens is 1. The molecule has 0 bridgehead atoms. The van der Waals surface area contributed by atoms with Crippen molar-refractivity contribution in [1.29, 1.82) is 0 Å². The van der Waals surface area contributed by atoms with Crippen LogP contribution in [0, 0.1) is 5.92 Å². The van der Waals surface area contributed by atoms with Gasteiger partial charge in [-0.05, 0) is 18.8 Å². The first kappa shape index (κ1) is 19.6. The molecule has 21 heavy (non-hydrogen) atoms. The van der Waals surface area contributed by atoms with Crippen molar-refractivity contribution in [3.63, 3.8) is 0 Å². The van der Waals surface area contributed by atoms with Crippen LogP contribution in [0.4, 0.5) is 0 Å². The molecule has 8 heteroatoms. The van der Waals surface area contributed by atoms with Gasteiger partial charge >= 0.3 is 0 Å². The predicted octanol–water partition coefficient (Wildman–Crippen LogP) is 4.24. The maximum Gasteiger partial charge on any atom is 0.148 e. The van der Waals surface area contributed by atoms with E-state index in [0.717, 1.165) is 31.7 Å². The molecule has 1 aromatic heterocycles. The fraction of sp³-hybridized carbons (Fsp3) is 0.615. The van der Waals surface area contributed by atoms with Crippen LogP contribution in [0.1, 0.15) is 24.4 Å². The van der Waals surface area contributed by atoms with Crippen LogP contribution < -0.4 is 5.32 Å². The Labute approximate surface area is 152 Å². The largest absolute Gasteiger partial charge is 0.314 e. The van der Waals surface area contributed by atoms with Gasteiger partial charge < -0.3 is 5.32 Å². The maximum atomic E-state index is 6.36. The minimum Gasteiger partial charge on any atom is -0.314 e. The number of hydrogen-bond acceptors (Lipinski definition) is 3. The molecule has 1 saturated carbocycles. The highest BCUT2D eigenvalue weighted by Gasteiger charge is 2.39. The Hall–Kier alpha value is 0.520. The lowest BCUT2D eigenvalue weighted by atomic mass is 10.0. The maximum absolute atomic E-state index is 6.36. The fourth-order valence-corrected chi connectivity index (χ4v) is 3.53. The molecular formula is C13H18Cl5N3. The Bertz CT molecular complexity index is 475. The van der Waals surface area contributed by atoms with E-state index < -0.39 is 0 Å². The SMILES string of the molecule is Cl.Cl.Clc1cnc(Cl)c(Cl)c1[C@@H](C1CC1)N1CCNCC1. The van der Waals surface area contributed by atoms with Gasteiger partial charge in [-0.25, -0.2) is 4.98 Å². The molecule has 0 unspecified atom stereocenters. The quantitative estimate of drug-likeness (QED) is 0.779. The first-order valence-corrected chi connectivity index (χ1v) is 7.76. The normalized spacial score (nSPS) is 20.3. The molecule has 3 nitrogen and oxygen atoms in total. The van der Waals surface area contributed by atoms with Gasteiger partial charge in [-0.3, -0.25) is 4.90 Å². The summed E-state index contributed by atoms with van der Waals surface area (Å²) in [5.41, 5.74) is 0.965. The molecule has 0 aromatic carbocycles. The van der Waals surface area contributed by atoms with Crippen molar-refractivity contribution < 1.29 is 0 Å². The van der Waals surface area contributed by atoms with Crippen LogP contribution in [0.2, 0.25) is 15.2 Å². The number of pyridine rings is 1. The van der Waals surface area contributed by atoms with Crippen LogP contribution >= 0.6 is 59.6 Å². The van der Waals surface area contributed by atoms with E-state index >= 15 is 0 Å². The summed E-state index contributed by atoms with van der Waals surface area (Å²) in [6, 6.07) is 0.280. The summed E-state index contributed by atoms with van der Waals surface area (Å²) in [7, 11) is 0. The average molecular weight is 394 g/mol. The van der Waals surface area contributed by atoms with E-state index in [2.05, 4.69) is 15.2 Å². The first-order chi connectivity index (χ1) is 9.18. The summed E-state index contributed by atoms with van der Waals surface area (Å²) in [6.45, 7) is 4.07. The molecule has 0 radical (unpaired) electrons. The third-order valence-electron chi connectivity index (χ3n) is 3.88. The van der Waals surface area contributed by atoms with E-state index in [4.69, 9.17) is 34.8 Å². The van der Waals surface area contributed by atoms with Gasteiger partial charge in [-0.15, -0.1) is 24.8 Å². The van der Waals surface area contributed by atoms with Gasteiger partial charge in [-0.1, -0.05) is 34.8 Å². The average Bonchev–Trinajstić information content (AvgIpc) is 3.24.